The van der Waals surface area contributed by atoms with Gasteiger partial charge in [-0.2, -0.15) is 0 Å². The van der Waals surface area contributed by atoms with Gasteiger partial charge in [0.25, 0.3) is 0 Å². The number of rotatable bonds is 5. The molecule has 1 saturated heterocycles. The molecule has 138 valence electrons. The summed E-state index contributed by atoms with van der Waals surface area (Å²) in [5, 5.41) is 3.79. The van der Waals surface area contributed by atoms with Crippen molar-refractivity contribution in [1.29, 1.82) is 0 Å². The highest BCUT2D eigenvalue weighted by molar-refractivity contribution is 6.32. The first-order valence-corrected chi connectivity index (χ1v) is 9.14. The molecule has 1 aromatic heterocycles. The average molecular weight is 395 g/mol. The van der Waals surface area contributed by atoms with E-state index in [-0.39, 0.29) is 6.03 Å². The summed E-state index contributed by atoms with van der Waals surface area (Å²) in [6.07, 6.45) is 1.59. The number of benzene rings is 1. The SMILES string of the molecule is O=C(Nc1cccnc1Cl)N1CCN(CCOc2ccc(Cl)cc2)CC1. The van der Waals surface area contributed by atoms with Crippen LogP contribution >= 0.6 is 23.2 Å². The van der Waals surface area contributed by atoms with Gasteiger partial charge in [0.1, 0.15) is 12.4 Å². The van der Waals surface area contributed by atoms with Gasteiger partial charge in [0, 0.05) is 43.9 Å². The lowest BCUT2D eigenvalue weighted by atomic mass is 10.3. The number of ether oxygens (including phenoxy) is 1. The van der Waals surface area contributed by atoms with E-state index < -0.39 is 0 Å². The molecular formula is C18H20Cl2N4O2. The lowest BCUT2D eigenvalue weighted by Crippen LogP contribution is -2.50. The lowest BCUT2D eigenvalue weighted by molar-refractivity contribution is 0.132. The van der Waals surface area contributed by atoms with Crippen LogP contribution in [0.3, 0.4) is 0 Å². The molecule has 0 unspecified atom stereocenters. The second-order valence-corrected chi connectivity index (χ2v) is 6.70. The van der Waals surface area contributed by atoms with E-state index in [0.717, 1.165) is 25.4 Å². The molecule has 0 atom stereocenters. The smallest absolute Gasteiger partial charge is 0.322 e. The molecule has 1 fully saturated rings. The number of amides is 2. The Bertz CT molecular complexity index is 734. The third-order valence-electron chi connectivity index (χ3n) is 4.15. The molecular weight excluding hydrogens is 375 g/mol. The van der Waals surface area contributed by atoms with Crippen LogP contribution in [0.25, 0.3) is 0 Å². The Kier molecular flexibility index (Phi) is 6.55. The van der Waals surface area contributed by atoms with Gasteiger partial charge >= 0.3 is 6.03 Å². The molecule has 0 radical (unpaired) electrons. The van der Waals surface area contributed by atoms with E-state index in [0.29, 0.717) is 35.6 Å². The van der Waals surface area contributed by atoms with Crippen LogP contribution in [-0.2, 0) is 0 Å². The Morgan fingerprint density at radius 3 is 2.54 bits per heavy atom. The fraction of sp³-hybridized carbons (Fsp3) is 0.333. The number of pyridine rings is 1. The molecule has 2 heterocycles. The molecule has 2 amide bonds. The molecule has 0 bridgehead atoms. The van der Waals surface area contributed by atoms with Gasteiger partial charge in [0.05, 0.1) is 5.69 Å². The molecule has 0 saturated carbocycles. The number of anilines is 1. The topological polar surface area (TPSA) is 57.7 Å². The van der Waals surface area contributed by atoms with Gasteiger partial charge in [0.2, 0.25) is 0 Å². The minimum absolute atomic E-state index is 0.156. The fourth-order valence-electron chi connectivity index (χ4n) is 2.67. The van der Waals surface area contributed by atoms with Gasteiger partial charge in [-0.05, 0) is 36.4 Å². The first kappa shape index (κ1) is 18.8. The molecule has 8 heteroatoms. The molecule has 6 nitrogen and oxygen atoms in total. The predicted molar refractivity (Wildman–Crippen MR) is 103 cm³/mol. The zero-order valence-corrected chi connectivity index (χ0v) is 15.7. The van der Waals surface area contributed by atoms with Crippen molar-refractivity contribution in [1.82, 2.24) is 14.8 Å². The number of carbonyl (C=O) groups excluding carboxylic acids is 1. The number of piperazine rings is 1. The van der Waals surface area contributed by atoms with Crippen LogP contribution in [0.5, 0.6) is 5.75 Å². The third kappa shape index (κ3) is 5.24. The van der Waals surface area contributed by atoms with Crippen LogP contribution in [0.4, 0.5) is 10.5 Å². The summed E-state index contributed by atoms with van der Waals surface area (Å²) in [7, 11) is 0. The third-order valence-corrected chi connectivity index (χ3v) is 4.70. The summed E-state index contributed by atoms with van der Waals surface area (Å²) in [6, 6.07) is 10.6. The largest absolute Gasteiger partial charge is 0.492 e. The molecule has 3 rings (SSSR count). The minimum atomic E-state index is -0.156. The summed E-state index contributed by atoms with van der Waals surface area (Å²) in [5.74, 6) is 0.806. The minimum Gasteiger partial charge on any atom is -0.492 e. The normalized spacial score (nSPS) is 14.9. The molecule has 0 aliphatic carbocycles. The van der Waals surface area contributed by atoms with E-state index in [1.54, 1.807) is 23.2 Å². The van der Waals surface area contributed by atoms with Gasteiger partial charge < -0.3 is 15.0 Å². The Labute approximate surface area is 162 Å². The van der Waals surface area contributed by atoms with Crippen molar-refractivity contribution in [3.63, 3.8) is 0 Å². The van der Waals surface area contributed by atoms with Crippen molar-refractivity contribution in [2.75, 3.05) is 44.6 Å². The monoisotopic (exact) mass is 394 g/mol. The van der Waals surface area contributed by atoms with E-state index >= 15 is 0 Å². The maximum atomic E-state index is 12.3. The maximum Gasteiger partial charge on any atom is 0.322 e. The van der Waals surface area contributed by atoms with Gasteiger partial charge in [0.15, 0.2) is 5.15 Å². The van der Waals surface area contributed by atoms with E-state index in [4.69, 9.17) is 27.9 Å². The maximum absolute atomic E-state index is 12.3. The number of nitrogens with one attached hydrogen (secondary N) is 1. The van der Waals surface area contributed by atoms with E-state index in [9.17, 15) is 4.79 Å². The Morgan fingerprint density at radius 2 is 1.85 bits per heavy atom. The van der Waals surface area contributed by atoms with E-state index in [2.05, 4.69) is 15.2 Å². The zero-order valence-electron chi connectivity index (χ0n) is 14.2. The number of aromatic nitrogens is 1. The first-order chi connectivity index (χ1) is 12.6. The quantitative estimate of drug-likeness (QED) is 0.786. The standard InChI is InChI=1S/C18H20Cl2N4O2/c19-14-3-5-15(6-4-14)26-13-12-23-8-10-24(11-9-23)18(25)22-16-2-1-7-21-17(16)20/h1-7H,8-13H2,(H,22,25). The Balaban J connectivity index is 1.39. The van der Waals surface area contributed by atoms with E-state index in [1.165, 1.54) is 0 Å². The molecule has 0 spiro atoms. The van der Waals surface area contributed by atoms with Gasteiger partial charge in [-0.3, -0.25) is 4.90 Å². The second kappa shape index (κ2) is 9.07. The zero-order chi connectivity index (χ0) is 18.4. The van der Waals surface area contributed by atoms with Crippen molar-refractivity contribution in [2.24, 2.45) is 0 Å². The van der Waals surface area contributed by atoms with Crippen molar-refractivity contribution >= 4 is 34.9 Å². The number of halogens is 2. The highest BCUT2D eigenvalue weighted by atomic mass is 35.5. The Morgan fingerprint density at radius 1 is 1.12 bits per heavy atom. The predicted octanol–water partition coefficient (Wildman–Crippen LogP) is 3.62. The highest BCUT2D eigenvalue weighted by Gasteiger charge is 2.21. The summed E-state index contributed by atoms with van der Waals surface area (Å²) < 4.78 is 5.72. The number of carbonyl (C=O) groups is 1. The van der Waals surface area contributed by atoms with E-state index in [1.807, 2.05) is 24.3 Å². The number of nitrogens with zero attached hydrogens (tertiary/aromatic N) is 3. The van der Waals surface area contributed by atoms with Gasteiger partial charge in [-0.1, -0.05) is 23.2 Å². The molecule has 2 aromatic rings. The van der Waals surface area contributed by atoms with Gasteiger partial charge in [-0.25, -0.2) is 9.78 Å². The van der Waals surface area contributed by atoms with Crippen LogP contribution in [0.2, 0.25) is 10.2 Å². The molecule has 1 aromatic carbocycles. The second-order valence-electron chi connectivity index (χ2n) is 5.90. The van der Waals surface area contributed by atoms with Crippen molar-refractivity contribution < 1.29 is 9.53 Å². The first-order valence-electron chi connectivity index (χ1n) is 8.39. The number of hydrogen-bond acceptors (Lipinski definition) is 4. The molecule has 26 heavy (non-hydrogen) atoms. The van der Waals surface area contributed by atoms with Crippen LogP contribution in [0.1, 0.15) is 0 Å². The van der Waals surface area contributed by atoms with Crippen LogP contribution in [0, 0.1) is 0 Å². The molecule has 1 aliphatic rings. The van der Waals surface area contributed by atoms with Crippen LogP contribution < -0.4 is 10.1 Å². The molecule has 1 N–H and O–H groups in total. The van der Waals surface area contributed by atoms with Crippen molar-refractivity contribution in [3.05, 3.63) is 52.8 Å². The number of hydrogen-bond donors (Lipinski definition) is 1. The average Bonchev–Trinajstić information content (AvgIpc) is 2.66. The highest BCUT2D eigenvalue weighted by Crippen LogP contribution is 2.18. The van der Waals surface area contributed by atoms with Crippen LogP contribution in [-0.4, -0.2) is 60.1 Å². The summed E-state index contributed by atoms with van der Waals surface area (Å²) in [6.45, 7) is 4.33. The van der Waals surface area contributed by atoms with Crippen LogP contribution in [0.15, 0.2) is 42.6 Å². The number of urea groups is 1. The van der Waals surface area contributed by atoms with Crippen molar-refractivity contribution in [2.45, 2.75) is 0 Å². The fourth-order valence-corrected chi connectivity index (χ4v) is 2.96. The summed E-state index contributed by atoms with van der Waals surface area (Å²) >= 11 is 11.8. The van der Waals surface area contributed by atoms with Gasteiger partial charge in [-0.15, -0.1) is 0 Å². The Hall–Kier alpha value is -2.02. The summed E-state index contributed by atoms with van der Waals surface area (Å²) in [4.78, 5) is 20.3. The van der Waals surface area contributed by atoms with Crippen molar-refractivity contribution in [3.8, 4) is 5.75 Å². The lowest BCUT2D eigenvalue weighted by Gasteiger charge is -2.34. The molecule has 1 aliphatic heterocycles. The summed E-state index contributed by atoms with van der Waals surface area (Å²) in [5.41, 5.74) is 0.526.